The number of hydrogen-bond donors (Lipinski definition) is 1. The highest BCUT2D eigenvalue weighted by atomic mass is 32.2. The second-order valence-electron chi connectivity index (χ2n) is 7.71. The summed E-state index contributed by atoms with van der Waals surface area (Å²) in [5.74, 6) is -0.353. The van der Waals surface area contributed by atoms with Crippen molar-refractivity contribution in [1.29, 1.82) is 0 Å². The molecule has 0 atom stereocenters. The van der Waals surface area contributed by atoms with E-state index in [2.05, 4.69) is 22.3 Å². The highest BCUT2D eigenvalue weighted by Gasteiger charge is 2.27. The van der Waals surface area contributed by atoms with Gasteiger partial charge in [-0.25, -0.2) is 4.31 Å². The Kier molecular flexibility index (Phi) is 7.47. The zero-order valence-electron chi connectivity index (χ0n) is 17.6. The van der Waals surface area contributed by atoms with E-state index in [0.29, 0.717) is 12.2 Å². The van der Waals surface area contributed by atoms with E-state index in [4.69, 9.17) is 0 Å². The van der Waals surface area contributed by atoms with Crippen LogP contribution in [0.25, 0.3) is 0 Å². The highest BCUT2D eigenvalue weighted by molar-refractivity contribution is 7.90. The average molecular weight is 431 g/mol. The molecule has 0 bridgehead atoms. The minimum absolute atomic E-state index is 0.280. The van der Waals surface area contributed by atoms with Crippen molar-refractivity contribution in [3.05, 3.63) is 65.7 Å². The molecule has 8 heteroatoms. The maximum atomic E-state index is 12.7. The number of nitrogens with one attached hydrogen (secondary N) is 1. The zero-order chi connectivity index (χ0) is 21.6. The molecule has 1 aliphatic rings. The molecular weight excluding hydrogens is 400 g/mol. The lowest BCUT2D eigenvalue weighted by Crippen LogP contribution is -2.45. The summed E-state index contributed by atoms with van der Waals surface area (Å²) in [6, 6.07) is 16.8. The molecule has 0 aliphatic carbocycles. The number of carbonyl (C=O) groups is 1. The molecule has 1 amide bonds. The lowest BCUT2D eigenvalue weighted by molar-refractivity contribution is -0.119. The van der Waals surface area contributed by atoms with Crippen molar-refractivity contribution in [2.45, 2.75) is 25.9 Å². The molecule has 0 aromatic heterocycles. The summed E-state index contributed by atoms with van der Waals surface area (Å²) >= 11 is 0. The van der Waals surface area contributed by atoms with Gasteiger partial charge in [-0.2, -0.15) is 12.7 Å². The van der Waals surface area contributed by atoms with Crippen LogP contribution in [-0.4, -0.2) is 57.3 Å². The van der Waals surface area contributed by atoms with Gasteiger partial charge >= 0.3 is 10.2 Å². The van der Waals surface area contributed by atoms with Crippen LogP contribution in [0.1, 0.15) is 24.0 Å². The van der Waals surface area contributed by atoms with Crippen LogP contribution in [0.5, 0.6) is 0 Å². The molecule has 1 aliphatic heterocycles. The van der Waals surface area contributed by atoms with Gasteiger partial charge < -0.3 is 5.32 Å². The molecule has 30 heavy (non-hydrogen) atoms. The van der Waals surface area contributed by atoms with E-state index >= 15 is 0 Å². The molecule has 2 aromatic carbocycles. The molecule has 0 radical (unpaired) electrons. The Labute approximate surface area is 179 Å². The van der Waals surface area contributed by atoms with Crippen molar-refractivity contribution < 1.29 is 13.2 Å². The third-order valence-electron chi connectivity index (χ3n) is 5.16. The maximum Gasteiger partial charge on any atom is 0.304 e. The summed E-state index contributed by atoms with van der Waals surface area (Å²) in [6.45, 7) is 3.27. The molecule has 0 saturated carbocycles. The van der Waals surface area contributed by atoms with Crippen molar-refractivity contribution in [2.24, 2.45) is 0 Å². The fourth-order valence-electron chi connectivity index (χ4n) is 3.52. The molecule has 1 heterocycles. The van der Waals surface area contributed by atoms with Crippen LogP contribution in [0.15, 0.2) is 54.6 Å². The molecule has 1 saturated heterocycles. The van der Waals surface area contributed by atoms with Gasteiger partial charge in [-0.05, 0) is 49.2 Å². The lowest BCUT2D eigenvalue weighted by atomic mass is 10.1. The van der Waals surface area contributed by atoms with Gasteiger partial charge in [-0.3, -0.25) is 9.69 Å². The first-order valence-electron chi connectivity index (χ1n) is 10.2. The third kappa shape index (κ3) is 5.81. The van der Waals surface area contributed by atoms with Crippen LogP contribution in [0.3, 0.4) is 0 Å². The van der Waals surface area contributed by atoms with E-state index < -0.39 is 10.2 Å². The first-order valence-corrected chi connectivity index (χ1v) is 11.6. The van der Waals surface area contributed by atoms with Crippen LogP contribution in [0.4, 0.5) is 5.69 Å². The maximum absolute atomic E-state index is 12.7. The van der Waals surface area contributed by atoms with Gasteiger partial charge in [0, 0.05) is 27.2 Å². The van der Waals surface area contributed by atoms with Gasteiger partial charge in [0.05, 0.1) is 5.69 Å². The van der Waals surface area contributed by atoms with Gasteiger partial charge in [-0.1, -0.05) is 42.5 Å². The normalized spacial score (nSPS) is 14.8. The van der Waals surface area contributed by atoms with Gasteiger partial charge in [0.1, 0.15) is 6.54 Å². The fourth-order valence-corrected chi connectivity index (χ4v) is 4.58. The topological polar surface area (TPSA) is 73.0 Å². The smallest absolute Gasteiger partial charge is 0.304 e. The van der Waals surface area contributed by atoms with Crippen molar-refractivity contribution >= 4 is 21.8 Å². The number of rotatable bonds is 9. The molecular formula is C22H30N4O3S. The van der Waals surface area contributed by atoms with Gasteiger partial charge in [0.2, 0.25) is 5.91 Å². The Morgan fingerprint density at radius 2 is 1.67 bits per heavy atom. The largest absolute Gasteiger partial charge is 0.350 e. The zero-order valence-corrected chi connectivity index (χ0v) is 18.4. The minimum atomic E-state index is -3.79. The molecule has 7 nitrogen and oxygen atoms in total. The standard InChI is InChI=1S/C22H30N4O3S/c1-24(2)30(28,29)26(21-11-4-3-5-12-21)18-22(27)23-16-19-9-8-10-20(15-19)17-25-13-6-7-14-25/h3-5,8-12,15H,6-7,13-14,16-18H2,1-2H3,(H,23,27). The number of carbonyl (C=O) groups excluding carboxylic acids is 1. The van der Waals surface area contributed by atoms with Crippen molar-refractivity contribution in [2.75, 3.05) is 38.0 Å². The number of hydrogen-bond acceptors (Lipinski definition) is 4. The SMILES string of the molecule is CN(C)S(=O)(=O)N(CC(=O)NCc1cccc(CN2CCCC2)c1)c1ccccc1. The number of anilines is 1. The number of nitrogens with zero attached hydrogens (tertiary/aromatic N) is 3. The van der Waals surface area contributed by atoms with Crippen LogP contribution in [0.2, 0.25) is 0 Å². The third-order valence-corrected chi connectivity index (χ3v) is 6.98. The molecule has 1 N–H and O–H groups in total. The Morgan fingerprint density at radius 3 is 2.33 bits per heavy atom. The molecule has 0 spiro atoms. The number of amides is 1. The monoisotopic (exact) mass is 430 g/mol. The molecule has 1 fully saturated rings. The first kappa shape index (κ1) is 22.3. The summed E-state index contributed by atoms with van der Waals surface area (Å²) in [4.78, 5) is 15.0. The van der Waals surface area contributed by atoms with Crippen molar-refractivity contribution in [3.63, 3.8) is 0 Å². The minimum Gasteiger partial charge on any atom is -0.350 e. The van der Waals surface area contributed by atoms with E-state index in [1.54, 1.807) is 30.3 Å². The van der Waals surface area contributed by atoms with E-state index in [1.165, 1.54) is 32.5 Å². The number of benzene rings is 2. The highest BCUT2D eigenvalue weighted by Crippen LogP contribution is 2.19. The fraction of sp³-hybridized carbons (Fsp3) is 0.409. The Balaban J connectivity index is 1.63. The van der Waals surface area contributed by atoms with Gasteiger partial charge in [-0.15, -0.1) is 0 Å². The summed E-state index contributed by atoms with van der Waals surface area (Å²) in [5, 5.41) is 2.85. The molecule has 3 rings (SSSR count). The molecule has 0 unspecified atom stereocenters. The van der Waals surface area contributed by atoms with Crippen molar-refractivity contribution in [1.82, 2.24) is 14.5 Å². The second-order valence-corrected chi connectivity index (χ2v) is 9.78. The van der Waals surface area contributed by atoms with E-state index in [1.807, 2.05) is 12.1 Å². The van der Waals surface area contributed by atoms with Gasteiger partial charge in [0.25, 0.3) is 0 Å². The van der Waals surface area contributed by atoms with Crippen LogP contribution < -0.4 is 9.62 Å². The molecule has 162 valence electrons. The summed E-state index contributed by atoms with van der Waals surface area (Å²) in [6.07, 6.45) is 2.51. The van der Waals surface area contributed by atoms with Crippen LogP contribution in [0, 0.1) is 0 Å². The predicted molar refractivity (Wildman–Crippen MR) is 119 cm³/mol. The second kappa shape index (κ2) is 10.1. The van der Waals surface area contributed by atoms with Gasteiger partial charge in [0.15, 0.2) is 0 Å². The first-order chi connectivity index (χ1) is 14.4. The number of para-hydroxylation sites is 1. The van der Waals surface area contributed by atoms with E-state index in [9.17, 15) is 13.2 Å². The average Bonchev–Trinajstić information content (AvgIpc) is 3.24. The predicted octanol–water partition coefficient (Wildman–Crippen LogP) is 2.21. The summed E-state index contributed by atoms with van der Waals surface area (Å²) in [7, 11) is -0.883. The molecule has 2 aromatic rings. The Morgan fingerprint density at radius 1 is 1.00 bits per heavy atom. The Bertz CT molecular complexity index is 942. The van der Waals surface area contributed by atoms with Crippen LogP contribution >= 0.6 is 0 Å². The quantitative estimate of drug-likeness (QED) is 0.662. The Hall–Kier alpha value is -2.42. The lowest BCUT2D eigenvalue weighted by Gasteiger charge is -2.26. The summed E-state index contributed by atoms with van der Waals surface area (Å²) in [5.41, 5.74) is 2.68. The number of likely N-dealkylation sites (tertiary alicyclic amines) is 1. The van der Waals surface area contributed by atoms with E-state index in [-0.39, 0.29) is 12.5 Å². The summed E-state index contributed by atoms with van der Waals surface area (Å²) < 4.78 is 27.7. The van der Waals surface area contributed by atoms with Crippen molar-refractivity contribution in [3.8, 4) is 0 Å². The van der Waals surface area contributed by atoms with E-state index in [0.717, 1.165) is 33.8 Å². The van der Waals surface area contributed by atoms with Crippen LogP contribution in [-0.2, 0) is 28.1 Å².